The van der Waals surface area contributed by atoms with E-state index in [0.29, 0.717) is 17.6 Å². The molecule has 1 aliphatic heterocycles. The van der Waals surface area contributed by atoms with Crippen LogP contribution >= 0.6 is 0 Å². The Hall–Kier alpha value is -1.51. The van der Waals surface area contributed by atoms with Crippen molar-refractivity contribution in [1.29, 1.82) is 0 Å². The number of aliphatic hydroxyl groups is 4. The molecule has 0 saturated carbocycles. The van der Waals surface area contributed by atoms with Crippen LogP contribution in [0.2, 0.25) is 0 Å². The van der Waals surface area contributed by atoms with Gasteiger partial charge in [-0.15, -0.1) is 0 Å². The number of ether oxygens (including phenoxy) is 2. The highest BCUT2D eigenvalue weighted by Gasteiger charge is 2.44. The molecule has 0 aliphatic carbocycles. The van der Waals surface area contributed by atoms with Gasteiger partial charge in [0, 0.05) is 5.56 Å². The zero-order chi connectivity index (χ0) is 14.7. The first kappa shape index (κ1) is 14.9. The number of aldehydes is 1. The molecular weight excluding hydrogens is 268 g/mol. The summed E-state index contributed by atoms with van der Waals surface area (Å²) in [5.41, 5.74) is 0.464. The third-order valence-electron chi connectivity index (χ3n) is 3.12. The standard InChI is InChI=1S/C13H16O7/c14-5-7-1-3-8(4-2-7)19-13-12(18)11(17)10(16)9(6-15)20-13/h1-5,9-13,15-18H,6H2/t9-,10+,11+,12+,13-/m0/s1. The van der Waals surface area contributed by atoms with E-state index in [1.54, 1.807) is 0 Å². The van der Waals surface area contributed by atoms with Gasteiger partial charge < -0.3 is 29.9 Å². The first-order chi connectivity index (χ1) is 9.56. The Morgan fingerprint density at radius 1 is 1.10 bits per heavy atom. The predicted molar refractivity (Wildman–Crippen MR) is 66.2 cm³/mol. The number of carbonyl (C=O) groups is 1. The van der Waals surface area contributed by atoms with Crippen molar-refractivity contribution in [2.45, 2.75) is 30.7 Å². The minimum atomic E-state index is -1.49. The molecular formula is C13H16O7. The summed E-state index contributed by atoms with van der Waals surface area (Å²) in [4.78, 5) is 10.5. The van der Waals surface area contributed by atoms with E-state index in [1.165, 1.54) is 24.3 Å². The zero-order valence-electron chi connectivity index (χ0n) is 10.5. The Labute approximate surface area is 115 Å². The minimum absolute atomic E-state index is 0.319. The molecule has 5 atom stereocenters. The molecule has 7 nitrogen and oxygen atoms in total. The van der Waals surface area contributed by atoms with Crippen LogP contribution in [0, 0.1) is 0 Å². The van der Waals surface area contributed by atoms with E-state index in [2.05, 4.69) is 0 Å². The average Bonchev–Trinajstić information content (AvgIpc) is 2.48. The van der Waals surface area contributed by atoms with Crippen molar-refractivity contribution in [3.8, 4) is 5.75 Å². The lowest BCUT2D eigenvalue weighted by molar-refractivity contribution is -0.277. The largest absolute Gasteiger partial charge is 0.462 e. The fourth-order valence-corrected chi connectivity index (χ4v) is 1.92. The number of carbonyl (C=O) groups excluding carboxylic acids is 1. The molecule has 1 aliphatic rings. The van der Waals surface area contributed by atoms with Crippen molar-refractivity contribution in [3.63, 3.8) is 0 Å². The fraction of sp³-hybridized carbons (Fsp3) is 0.462. The molecule has 20 heavy (non-hydrogen) atoms. The molecule has 0 amide bonds. The Morgan fingerprint density at radius 3 is 2.30 bits per heavy atom. The van der Waals surface area contributed by atoms with Crippen molar-refractivity contribution in [2.75, 3.05) is 6.61 Å². The summed E-state index contributed by atoms with van der Waals surface area (Å²) < 4.78 is 10.5. The fourth-order valence-electron chi connectivity index (χ4n) is 1.92. The Morgan fingerprint density at radius 2 is 1.75 bits per heavy atom. The van der Waals surface area contributed by atoms with Crippen molar-refractivity contribution in [2.24, 2.45) is 0 Å². The molecule has 2 rings (SSSR count). The summed E-state index contributed by atoms with van der Waals surface area (Å²) in [7, 11) is 0. The van der Waals surface area contributed by atoms with Gasteiger partial charge in [-0.25, -0.2) is 0 Å². The quantitative estimate of drug-likeness (QED) is 0.507. The third-order valence-corrected chi connectivity index (χ3v) is 3.12. The third kappa shape index (κ3) is 2.97. The normalized spacial score (nSPS) is 33.7. The smallest absolute Gasteiger partial charge is 0.229 e. The van der Waals surface area contributed by atoms with Gasteiger partial charge in [-0.3, -0.25) is 4.79 Å². The monoisotopic (exact) mass is 284 g/mol. The van der Waals surface area contributed by atoms with Crippen LogP contribution in [0.3, 0.4) is 0 Å². The molecule has 1 fully saturated rings. The Bertz CT molecular complexity index is 445. The number of hydrogen-bond donors (Lipinski definition) is 4. The molecule has 4 N–H and O–H groups in total. The molecule has 110 valence electrons. The van der Waals surface area contributed by atoms with Gasteiger partial charge >= 0.3 is 0 Å². The van der Waals surface area contributed by atoms with Crippen LogP contribution < -0.4 is 4.74 Å². The van der Waals surface area contributed by atoms with Gasteiger partial charge in [0.15, 0.2) is 0 Å². The van der Waals surface area contributed by atoms with Gasteiger partial charge in [-0.2, -0.15) is 0 Å². The molecule has 7 heteroatoms. The summed E-state index contributed by atoms with van der Waals surface area (Å²) in [6.45, 7) is -0.519. The summed E-state index contributed by atoms with van der Waals surface area (Å²) in [5, 5.41) is 38.1. The molecule has 0 radical (unpaired) electrons. The van der Waals surface area contributed by atoms with Crippen LogP contribution in [-0.2, 0) is 4.74 Å². The van der Waals surface area contributed by atoms with Gasteiger partial charge in [-0.1, -0.05) is 0 Å². The number of benzene rings is 1. The molecule has 1 aromatic rings. The molecule has 1 aromatic carbocycles. The van der Waals surface area contributed by atoms with E-state index in [1.807, 2.05) is 0 Å². The van der Waals surface area contributed by atoms with E-state index in [-0.39, 0.29) is 0 Å². The molecule has 0 bridgehead atoms. The Kier molecular flexibility index (Phi) is 4.69. The van der Waals surface area contributed by atoms with Crippen molar-refractivity contribution >= 4 is 6.29 Å². The van der Waals surface area contributed by atoms with E-state index in [4.69, 9.17) is 14.6 Å². The first-order valence-corrected chi connectivity index (χ1v) is 6.09. The van der Waals surface area contributed by atoms with E-state index < -0.39 is 37.3 Å². The maximum atomic E-state index is 10.5. The van der Waals surface area contributed by atoms with Gasteiger partial charge in [-0.05, 0) is 24.3 Å². The highest BCUT2D eigenvalue weighted by atomic mass is 16.7. The lowest BCUT2D eigenvalue weighted by Gasteiger charge is -2.39. The van der Waals surface area contributed by atoms with Gasteiger partial charge in [0.25, 0.3) is 0 Å². The maximum Gasteiger partial charge on any atom is 0.229 e. The van der Waals surface area contributed by atoms with Crippen molar-refractivity contribution in [1.82, 2.24) is 0 Å². The minimum Gasteiger partial charge on any atom is -0.462 e. The lowest BCUT2D eigenvalue weighted by atomic mass is 9.99. The van der Waals surface area contributed by atoms with Crippen molar-refractivity contribution in [3.05, 3.63) is 29.8 Å². The summed E-state index contributed by atoms with van der Waals surface area (Å²) in [5.74, 6) is 0.319. The second kappa shape index (κ2) is 6.29. The summed E-state index contributed by atoms with van der Waals surface area (Å²) in [6, 6.07) is 6.05. The topological polar surface area (TPSA) is 116 Å². The molecule has 1 heterocycles. The van der Waals surface area contributed by atoms with Crippen LogP contribution in [0.25, 0.3) is 0 Å². The summed E-state index contributed by atoms with van der Waals surface area (Å²) in [6.07, 6.45) is -5.94. The number of rotatable bonds is 4. The van der Waals surface area contributed by atoms with Crippen LogP contribution in [0.1, 0.15) is 10.4 Å². The molecule has 0 unspecified atom stereocenters. The van der Waals surface area contributed by atoms with Crippen LogP contribution in [0.5, 0.6) is 5.75 Å². The van der Waals surface area contributed by atoms with Crippen LogP contribution in [0.4, 0.5) is 0 Å². The van der Waals surface area contributed by atoms with Gasteiger partial charge in [0.1, 0.15) is 36.5 Å². The lowest BCUT2D eigenvalue weighted by Crippen LogP contribution is -2.60. The van der Waals surface area contributed by atoms with E-state index in [9.17, 15) is 20.1 Å². The Balaban J connectivity index is 2.08. The SMILES string of the molecule is O=Cc1ccc(O[C@H]2O[C@@H](CO)[C@@H](O)[C@@H](O)[C@H]2O)cc1. The summed E-state index contributed by atoms with van der Waals surface area (Å²) >= 11 is 0. The predicted octanol–water partition coefficient (Wildman–Crippen LogP) is -1.32. The zero-order valence-corrected chi connectivity index (χ0v) is 10.5. The first-order valence-electron chi connectivity index (χ1n) is 6.09. The van der Waals surface area contributed by atoms with Crippen molar-refractivity contribution < 1.29 is 34.7 Å². The van der Waals surface area contributed by atoms with Gasteiger partial charge in [0.2, 0.25) is 6.29 Å². The van der Waals surface area contributed by atoms with E-state index >= 15 is 0 Å². The molecule has 0 aromatic heterocycles. The average molecular weight is 284 g/mol. The highest BCUT2D eigenvalue weighted by molar-refractivity contribution is 5.74. The number of aliphatic hydroxyl groups excluding tert-OH is 4. The maximum absolute atomic E-state index is 10.5. The second-order valence-corrected chi connectivity index (χ2v) is 4.50. The highest BCUT2D eigenvalue weighted by Crippen LogP contribution is 2.24. The molecule has 1 saturated heterocycles. The van der Waals surface area contributed by atoms with Crippen LogP contribution in [0.15, 0.2) is 24.3 Å². The van der Waals surface area contributed by atoms with Gasteiger partial charge in [0.05, 0.1) is 6.61 Å². The van der Waals surface area contributed by atoms with E-state index in [0.717, 1.165) is 0 Å². The number of hydrogen-bond acceptors (Lipinski definition) is 7. The second-order valence-electron chi connectivity index (χ2n) is 4.50. The molecule has 0 spiro atoms. The van der Waals surface area contributed by atoms with Crippen LogP contribution in [-0.4, -0.2) is 64.0 Å².